The predicted octanol–water partition coefficient (Wildman–Crippen LogP) is 1.39. The van der Waals surface area contributed by atoms with E-state index >= 15 is 0 Å². The van der Waals surface area contributed by atoms with Crippen molar-refractivity contribution in [2.24, 2.45) is 0 Å². The van der Waals surface area contributed by atoms with Crippen LogP contribution in [0.3, 0.4) is 0 Å². The summed E-state index contributed by atoms with van der Waals surface area (Å²) in [7, 11) is 1.61. The molecule has 1 saturated heterocycles. The van der Waals surface area contributed by atoms with Gasteiger partial charge < -0.3 is 15.0 Å². The first-order valence-corrected chi connectivity index (χ1v) is 9.88. The van der Waals surface area contributed by atoms with Gasteiger partial charge in [0, 0.05) is 44.3 Å². The number of nitrogens with one attached hydrogen (secondary N) is 1. The number of ether oxygens (including phenoxy) is 1. The molecule has 1 aromatic carbocycles. The highest BCUT2D eigenvalue weighted by Crippen LogP contribution is 2.50. The normalized spacial score (nSPS) is 19.2. The van der Waals surface area contributed by atoms with Crippen LogP contribution in [0.1, 0.15) is 18.4 Å². The maximum Gasteiger partial charge on any atom is 0.234 e. The minimum absolute atomic E-state index is 0.00891. The Morgan fingerprint density at radius 3 is 2.58 bits per heavy atom. The second-order valence-electron chi connectivity index (χ2n) is 7.00. The summed E-state index contributed by atoms with van der Waals surface area (Å²) in [6, 6.07) is 8.09. The molecule has 2 aliphatic rings. The third-order valence-electron chi connectivity index (χ3n) is 5.19. The van der Waals surface area contributed by atoms with Gasteiger partial charge in [-0.05, 0) is 30.5 Å². The fourth-order valence-corrected chi connectivity index (χ4v) is 3.90. The molecule has 0 atom stereocenters. The van der Waals surface area contributed by atoms with Crippen molar-refractivity contribution in [1.82, 2.24) is 15.1 Å². The van der Waals surface area contributed by atoms with Crippen molar-refractivity contribution in [3.05, 3.63) is 34.3 Å². The molecule has 2 amide bonds. The van der Waals surface area contributed by atoms with E-state index in [2.05, 4.69) is 38.3 Å². The Balaban J connectivity index is 1.50. The standard InChI is InChI=1S/C19H26BrN3O3/c1-26-12-7-21-17(24)14-22-8-10-23(11-9-22)18(25)19(5-6-19)15-3-2-4-16(20)13-15/h2-4,13H,5-12,14H2,1H3,(H,21,24). The average molecular weight is 424 g/mol. The third kappa shape index (κ3) is 4.45. The minimum Gasteiger partial charge on any atom is -0.383 e. The monoisotopic (exact) mass is 423 g/mol. The summed E-state index contributed by atoms with van der Waals surface area (Å²) in [4.78, 5) is 29.1. The number of piperazine rings is 1. The maximum absolute atomic E-state index is 13.1. The fourth-order valence-electron chi connectivity index (χ4n) is 3.50. The van der Waals surface area contributed by atoms with Gasteiger partial charge in [-0.1, -0.05) is 28.1 Å². The van der Waals surface area contributed by atoms with Crippen LogP contribution in [0.5, 0.6) is 0 Å². The molecule has 0 bridgehead atoms. The molecule has 1 N–H and O–H groups in total. The van der Waals surface area contributed by atoms with Gasteiger partial charge in [0.25, 0.3) is 0 Å². The minimum atomic E-state index is -0.330. The molecule has 0 spiro atoms. The van der Waals surface area contributed by atoms with Crippen LogP contribution in [0.25, 0.3) is 0 Å². The van der Waals surface area contributed by atoms with E-state index in [0.717, 1.165) is 36.0 Å². The van der Waals surface area contributed by atoms with Crippen molar-refractivity contribution in [2.75, 3.05) is 53.0 Å². The number of methoxy groups -OCH3 is 1. The molecule has 1 aliphatic heterocycles. The second-order valence-corrected chi connectivity index (χ2v) is 7.92. The maximum atomic E-state index is 13.1. The molecule has 1 aromatic rings. The summed E-state index contributed by atoms with van der Waals surface area (Å²) in [6.45, 7) is 4.26. The molecule has 1 heterocycles. The number of rotatable bonds is 7. The highest BCUT2D eigenvalue weighted by atomic mass is 79.9. The molecule has 142 valence electrons. The molecule has 0 unspecified atom stereocenters. The fraction of sp³-hybridized carbons (Fsp3) is 0.579. The number of benzene rings is 1. The van der Waals surface area contributed by atoms with Crippen LogP contribution >= 0.6 is 15.9 Å². The highest BCUT2D eigenvalue weighted by Gasteiger charge is 2.53. The molecule has 6 nitrogen and oxygen atoms in total. The van der Waals surface area contributed by atoms with Crippen LogP contribution in [0.2, 0.25) is 0 Å². The van der Waals surface area contributed by atoms with Crippen molar-refractivity contribution < 1.29 is 14.3 Å². The van der Waals surface area contributed by atoms with Gasteiger partial charge in [-0.2, -0.15) is 0 Å². The smallest absolute Gasteiger partial charge is 0.234 e. The van der Waals surface area contributed by atoms with Crippen LogP contribution in [0.15, 0.2) is 28.7 Å². The number of carbonyl (C=O) groups excluding carboxylic acids is 2. The Kier molecular flexibility index (Phi) is 6.32. The SMILES string of the molecule is COCCNC(=O)CN1CCN(C(=O)C2(c3cccc(Br)c3)CC2)CC1. The molecule has 1 saturated carbocycles. The van der Waals surface area contributed by atoms with E-state index in [0.29, 0.717) is 32.8 Å². The predicted molar refractivity (Wildman–Crippen MR) is 103 cm³/mol. The molecule has 7 heteroatoms. The topological polar surface area (TPSA) is 61.9 Å². The van der Waals surface area contributed by atoms with Gasteiger partial charge in [0.1, 0.15) is 0 Å². The van der Waals surface area contributed by atoms with Crippen LogP contribution in [0.4, 0.5) is 0 Å². The van der Waals surface area contributed by atoms with Gasteiger partial charge in [0.05, 0.1) is 18.6 Å². The zero-order valence-electron chi connectivity index (χ0n) is 15.2. The number of nitrogens with zero attached hydrogens (tertiary/aromatic N) is 2. The molecule has 26 heavy (non-hydrogen) atoms. The molecular formula is C19H26BrN3O3. The van der Waals surface area contributed by atoms with Crippen molar-refractivity contribution in [3.8, 4) is 0 Å². The number of hydrogen-bond acceptors (Lipinski definition) is 4. The van der Waals surface area contributed by atoms with Crippen molar-refractivity contribution >= 4 is 27.7 Å². The Labute approximate surface area is 163 Å². The van der Waals surface area contributed by atoms with Gasteiger partial charge in [0.15, 0.2) is 0 Å². The van der Waals surface area contributed by atoms with E-state index in [-0.39, 0.29) is 17.2 Å². The zero-order chi connectivity index (χ0) is 18.6. The second kappa shape index (κ2) is 8.50. The zero-order valence-corrected chi connectivity index (χ0v) is 16.8. The van der Waals surface area contributed by atoms with Crippen LogP contribution in [0, 0.1) is 0 Å². The summed E-state index contributed by atoms with van der Waals surface area (Å²) < 4.78 is 5.94. The molecule has 0 aromatic heterocycles. The third-order valence-corrected chi connectivity index (χ3v) is 5.68. The molecule has 1 aliphatic carbocycles. The first-order valence-electron chi connectivity index (χ1n) is 9.08. The number of amides is 2. The lowest BCUT2D eigenvalue weighted by Crippen LogP contribution is -2.53. The number of hydrogen-bond donors (Lipinski definition) is 1. The van der Waals surface area contributed by atoms with E-state index in [1.807, 2.05) is 17.0 Å². The van der Waals surface area contributed by atoms with E-state index in [1.54, 1.807) is 7.11 Å². The average Bonchev–Trinajstić information content (AvgIpc) is 3.44. The number of carbonyl (C=O) groups is 2. The van der Waals surface area contributed by atoms with E-state index in [9.17, 15) is 9.59 Å². The lowest BCUT2D eigenvalue weighted by molar-refractivity contribution is -0.136. The van der Waals surface area contributed by atoms with Crippen LogP contribution < -0.4 is 5.32 Å². The van der Waals surface area contributed by atoms with Gasteiger partial charge in [-0.15, -0.1) is 0 Å². The van der Waals surface area contributed by atoms with Crippen molar-refractivity contribution in [2.45, 2.75) is 18.3 Å². The van der Waals surface area contributed by atoms with Crippen LogP contribution in [-0.4, -0.2) is 74.6 Å². The molecular weight excluding hydrogens is 398 g/mol. The van der Waals surface area contributed by atoms with Crippen molar-refractivity contribution in [1.29, 1.82) is 0 Å². The summed E-state index contributed by atoms with van der Waals surface area (Å²) in [5, 5.41) is 2.84. The van der Waals surface area contributed by atoms with Crippen LogP contribution in [-0.2, 0) is 19.7 Å². The van der Waals surface area contributed by atoms with Gasteiger partial charge in [-0.25, -0.2) is 0 Å². The summed E-state index contributed by atoms with van der Waals surface area (Å²) >= 11 is 3.50. The van der Waals surface area contributed by atoms with Crippen molar-refractivity contribution in [3.63, 3.8) is 0 Å². The Morgan fingerprint density at radius 1 is 1.23 bits per heavy atom. The van der Waals surface area contributed by atoms with Gasteiger partial charge in [-0.3, -0.25) is 14.5 Å². The Hall–Kier alpha value is -1.44. The first-order chi connectivity index (χ1) is 12.5. The van der Waals surface area contributed by atoms with E-state index in [4.69, 9.17) is 4.74 Å². The molecule has 3 rings (SSSR count). The highest BCUT2D eigenvalue weighted by molar-refractivity contribution is 9.10. The Morgan fingerprint density at radius 2 is 1.96 bits per heavy atom. The quantitative estimate of drug-likeness (QED) is 0.673. The number of halogens is 1. The summed E-state index contributed by atoms with van der Waals surface area (Å²) in [6.07, 6.45) is 1.84. The first kappa shape index (κ1) is 19.3. The summed E-state index contributed by atoms with van der Waals surface area (Å²) in [5.41, 5.74) is 0.778. The van der Waals surface area contributed by atoms with Gasteiger partial charge in [0.2, 0.25) is 11.8 Å². The molecule has 0 radical (unpaired) electrons. The summed E-state index contributed by atoms with van der Waals surface area (Å²) in [5.74, 6) is 0.245. The molecule has 2 fully saturated rings. The largest absolute Gasteiger partial charge is 0.383 e. The Bertz CT molecular complexity index is 655. The lowest BCUT2D eigenvalue weighted by atomic mass is 9.94. The lowest BCUT2D eigenvalue weighted by Gasteiger charge is -2.36. The van der Waals surface area contributed by atoms with E-state index in [1.165, 1.54) is 0 Å². The van der Waals surface area contributed by atoms with E-state index < -0.39 is 0 Å². The van der Waals surface area contributed by atoms with Gasteiger partial charge >= 0.3 is 0 Å².